The summed E-state index contributed by atoms with van der Waals surface area (Å²) in [5.41, 5.74) is 0.155. The van der Waals surface area contributed by atoms with E-state index in [1.54, 1.807) is 18.5 Å². The van der Waals surface area contributed by atoms with Crippen LogP contribution < -0.4 is 5.32 Å². The van der Waals surface area contributed by atoms with Gasteiger partial charge in [0.15, 0.2) is 0 Å². The Bertz CT molecular complexity index is 511. The molecule has 0 fully saturated rings. The number of halogens is 3. The summed E-state index contributed by atoms with van der Waals surface area (Å²) in [4.78, 5) is 7.75. The molecule has 0 aromatic carbocycles. The summed E-state index contributed by atoms with van der Waals surface area (Å²) in [6.07, 6.45) is 0.0503. The zero-order valence-corrected chi connectivity index (χ0v) is 9.28. The molecule has 0 bridgehead atoms. The molecule has 0 saturated heterocycles. The third-order valence-electron chi connectivity index (χ3n) is 2.28. The van der Waals surface area contributed by atoms with Crippen LogP contribution in [0.15, 0.2) is 42.9 Å². The van der Waals surface area contributed by atoms with E-state index in [0.29, 0.717) is 6.54 Å². The molecule has 0 aliphatic rings. The molecule has 18 heavy (non-hydrogen) atoms. The van der Waals surface area contributed by atoms with E-state index in [0.717, 1.165) is 23.9 Å². The predicted octanol–water partition coefficient (Wildman–Crippen LogP) is 3.11. The van der Waals surface area contributed by atoms with Crippen molar-refractivity contribution in [3.63, 3.8) is 0 Å². The number of aromatic nitrogens is 2. The van der Waals surface area contributed by atoms with Crippen molar-refractivity contribution in [2.45, 2.75) is 12.7 Å². The molecule has 94 valence electrons. The van der Waals surface area contributed by atoms with Crippen molar-refractivity contribution < 1.29 is 13.2 Å². The van der Waals surface area contributed by atoms with E-state index in [-0.39, 0.29) is 5.82 Å². The summed E-state index contributed by atoms with van der Waals surface area (Å²) in [7, 11) is 0. The summed E-state index contributed by atoms with van der Waals surface area (Å²) in [6.45, 7) is 0.377. The summed E-state index contributed by atoms with van der Waals surface area (Å²) >= 11 is 0. The first-order valence-corrected chi connectivity index (χ1v) is 5.22. The lowest BCUT2D eigenvalue weighted by Crippen LogP contribution is -2.07. The number of anilines is 1. The third kappa shape index (κ3) is 3.19. The van der Waals surface area contributed by atoms with E-state index >= 15 is 0 Å². The molecule has 0 atom stereocenters. The van der Waals surface area contributed by atoms with E-state index in [4.69, 9.17) is 0 Å². The number of hydrogen-bond donors (Lipinski definition) is 1. The Hall–Kier alpha value is -2.11. The van der Waals surface area contributed by atoms with Crippen molar-refractivity contribution in [1.82, 2.24) is 9.97 Å². The molecule has 0 amide bonds. The highest BCUT2D eigenvalue weighted by molar-refractivity contribution is 5.39. The maximum absolute atomic E-state index is 12.5. The van der Waals surface area contributed by atoms with Gasteiger partial charge in [0.1, 0.15) is 5.82 Å². The lowest BCUT2D eigenvalue weighted by Gasteiger charge is -2.09. The Labute approximate surface area is 102 Å². The molecule has 0 radical (unpaired) electrons. The topological polar surface area (TPSA) is 37.8 Å². The minimum atomic E-state index is -4.35. The minimum Gasteiger partial charge on any atom is -0.366 e. The standard InChI is InChI=1S/C12H10F3N3/c13-12(14,15)10-3-5-17-11(6-10)18-8-9-2-1-4-16-7-9/h1-7H,8H2,(H,17,18). The molecule has 0 aliphatic heterocycles. The van der Waals surface area contributed by atoms with Crippen LogP contribution in [0.5, 0.6) is 0 Å². The van der Waals surface area contributed by atoms with Gasteiger partial charge < -0.3 is 5.32 Å². The van der Waals surface area contributed by atoms with Crippen molar-refractivity contribution in [2.75, 3.05) is 5.32 Å². The van der Waals surface area contributed by atoms with Crippen LogP contribution in [-0.2, 0) is 12.7 Å². The highest BCUT2D eigenvalue weighted by Gasteiger charge is 2.30. The van der Waals surface area contributed by atoms with Gasteiger partial charge in [-0.25, -0.2) is 4.98 Å². The average molecular weight is 253 g/mol. The number of rotatable bonds is 3. The van der Waals surface area contributed by atoms with Gasteiger partial charge >= 0.3 is 6.18 Å². The Kier molecular flexibility index (Phi) is 3.45. The Balaban J connectivity index is 2.06. The molecule has 2 rings (SSSR count). The van der Waals surface area contributed by atoms with Crippen LogP contribution in [-0.4, -0.2) is 9.97 Å². The fourth-order valence-electron chi connectivity index (χ4n) is 1.40. The van der Waals surface area contributed by atoms with Crippen molar-refractivity contribution in [1.29, 1.82) is 0 Å². The van der Waals surface area contributed by atoms with Crippen LogP contribution in [0.1, 0.15) is 11.1 Å². The second-order valence-electron chi connectivity index (χ2n) is 3.64. The lowest BCUT2D eigenvalue weighted by molar-refractivity contribution is -0.137. The SMILES string of the molecule is FC(F)(F)c1ccnc(NCc2cccnc2)c1. The summed E-state index contributed by atoms with van der Waals surface area (Å²) in [6, 6.07) is 5.51. The van der Waals surface area contributed by atoms with Crippen LogP contribution in [0, 0.1) is 0 Å². The van der Waals surface area contributed by atoms with Gasteiger partial charge in [-0.2, -0.15) is 13.2 Å². The molecule has 2 heterocycles. The van der Waals surface area contributed by atoms with E-state index in [1.807, 2.05) is 6.07 Å². The maximum Gasteiger partial charge on any atom is 0.416 e. The predicted molar refractivity (Wildman–Crippen MR) is 60.8 cm³/mol. The lowest BCUT2D eigenvalue weighted by atomic mass is 10.2. The van der Waals surface area contributed by atoms with Gasteiger partial charge in [-0.1, -0.05) is 6.07 Å². The number of nitrogens with zero attached hydrogens (tertiary/aromatic N) is 2. The van der Waals surface area contributed by atoms with Gasteiger partial charge in [0.2, 0.25) is 0 Å². The van der Waals surface area contributed by atoms with Crippen molar-refractivity contribution in [3.8, 4) is 0 Å². The van der Waals surface area contributed by atoms with Gasteiger partial charge in [0.05, 0.1) is 5.56 Å². The molecule has 0 spiro atoms. The maximum atomic E-state index is 12.5. The summed E-state index contributed by atoms with van der Waals surface area (Å²) < 4.78 is 37.4. The largest absolute Gasteiger partial charge is 0.416 e. The Morgan fingerprint density at radius 2 is 2.00 bits per heavy atom. The molecular formula is C12H10F3N3. The van der Waals surface area contributed by atoms with E-state index in [2.05, 4.69) is 15.3 Å². The van der Waals surface area contributed by atoms with Crippen molar-refractivity contribution in [3.05, 3.63) is 54.0 Å². The number of alkyl halides is 3. The Morgan fingerprint density at radius 3 is 2.67 bits per heavy atom. The average Bonchev–Trinajstić information content (AvgIpc) is 2.37. The van der Waals surface area contributed by atoms with Gasteiger partial charge in [-0.15, -0.1) is 0 Å². The van der Waals surface area contributed by atoms with E-state index in [1.165, 1.54) is 0 Å². The summed E-state index contributed by atoms with van der Waals surface area (Å²) in [5.74, 6) is 0.189. The third-order valence-corrected chi connectivity index (χ3v) is 2.28. The smallest absolute Gasteiger partial charge is 0.366 e. The monoisotopic (exact) mass is 253 g/mol. The highest BCUT2D eigenvalue weighted by atomic mass is 19.4. The van der Waals surface area contributed by atoms with Crippen LogP contribution in [0.3, 0.4) is 0 Å². The fourth-order valence-corrected chi connectivity index (χ4v) is 1.40. The van der Waals surface area contributed by atoms with Crippen LogP contribution in [0.25, 0.3) is 0 Å². The van der Waals surface area contributed by atoms with E-state index < -0.39 is 11.7 Å². The zero-order valence-electron chi connectivity index (χ0n) is 9.28. The molecular weight excluding hydrogens is 243 g/mol. The van der Waals surface area contributed by atoms with Crippen LogP contribution in [0.2, 0.25) is 0 Å². The van der Waals surface area contributed by atoms with Gasteiger partial charge in [0.25, 0.3) is 0 Å². The first kappa shape index (κ1) is 12.3. The Morgan fingerprint density at radius 1 is 1.17 bits per heavy atom. The minimum absolute atomic E-state index is 0.189. The van der Waals surface area contributed by atoms with Gasteiger partial charge in [0, 0.05) is 25.1 Å². The molecule has 0 saturated carbocycles. The van der Waals surface area contributed by atoms with Crippen molar-refractivity contribution >= 4 is 5.82 Å². The molecule has 2 aromatic rings. The summed E-state index contributed by atoms with van der Waals surface area (Å²) in [5, 5.41) is 2.82. The first-order chi connectivity index (χ1) is 8.55. The molecule has 3 nitrogen and oxygen atoms in total. The van der Waals surface area contributed by atoms with Crippen molar-refractivity contribution in [2.24, 2.45) is 0 Å². The van der Waals surface area contributed by atoms with Crippen LogP contribution >= 0.6 is 0 Å². The number of nitrogens with one attached hydrogen (secondary N) is 1. The highest BCUT2D eigenvalue weighted by Crippen LogP contribution is 2.29. The molecule has 0 unspecified atom stereocenters. The van der Waals surface area contributed by atoms with Crippen LogP contribution in [0.4, 0.5) is 19.0 Å². The fraction of sp³-hybridized carbons (Fsp3) is 0.167. The van der Waals surface area contributed by atoms with Gasteiger partial charge in [-0.05, 0) is 23.8 Å². The van der Waals surface area contributed by atoms with Gasteiger partial charge in [-0.3, -0.25) is 4.98 Å². The molecule has 1 N–H and O–H groups in total. The first-order valence-electron chi connectivity index (χ1n) is 5.22. The van der Waals surface area contributed by atoms with E-state index in [9.17, 15) is 13.2 Å². The number of hydrogen-bond acceptors (Lipinski definition) is 3. The number of pyridine rings is 2. The molecule has 0 aliphatic carbocycles. The zero-order chi connectivity index (χ0) is 13.0. The second-order valence-corrected chi connectivity index (χ2v) is 3.64. The quantitative estimate of drug-likeness (QED) is 0.913. The second kappa shape index (κ2) is 5.03. The molecule has 6 heteroatoms. The normalized spacial score (nSPS) is 11.3. The molecule has 2 aromatic heterocycles.